The van der Waals surface area contributed by atoms with E-state index in [4.69, 9.17) is 11.6 Å². The number of hydrogen-bond acceptors (Lipinski definition) is 3. The molecule has 0 amide bonds. The summed E-state index contributed by atoms with van der Waals surface area (Å²) in [5.74, 6) is 0.571. The minimum atomic E-state index is -4.35. The Balaban J connectivity index is 2.23. The van der Waals surface area contributed by atoms with Crippen LogP contribution in [0.2, 0.25) is 5.28 Å². The predicted molar refractivity (Wildman–Crippen MR) is 84.6 cm³/mol. The van der Waals surface area contributed by atoms with Crippen LogP contribution in [0.5, 0.6) is 0 Å². The molecule has 124 valence electrons. The van der Waals surface area contributed by atoms with Crippen LogP contribution in [-0.4, -0.2) is 9.97 Å². The standard InChI is InChI=1S/C16H17ClF3N3/c1-3-12-13(4-2)22-15(17)23-14(12)21-9-10-6-5-7-11(8-10)16(18,19)20/h5-8H,3-4,9H2,1-2H3,(H,21,22,23). The van der Waals surface area contributed by atoms with Crippen molar-refractivity contribution in [3.8, 4) is 0 Å². The van der Waals surface area contributed by atoms with Gasteiger partial charge in [-0.3, -0.25) is 0 Å². The van der Waals surface area contributed by atoms with Crippen LogP contribution in [-0.2, 0) is 25.6 Å². The highest BCUT2D eigenvalue weighted by Crippen LogP contribution is 2.29. The van der Waals surface area contributed by atoms with E-state index in [-0.39, 0.29) is 11.8 Å². The Bertz CT molecular complexity index is 687. The summed E-state index contributed by atoms with van der Waals surface area (Å²) in [5.41, 5.74) is 1.64. The van der Waals surface area contributed by atoms with Crippen molar-refractivity contribution in [1.29, 1.82) is 0 Å². The lowest BCUT2D eigenvalue weighted by atomic mass is 10.1. The van der Waals surface area contributed by atoms with Crippen LogP contribution in [0, 0.1) is 0 Å². The zero-order chi connectivity index (χ0) is 17.0. The van der Waals surface area contributed by atoms with Gasteiger partial charge in [-0.25, -0.2) is 9.97 Å². The second kappa shape index (κ2) is 7.17. The van der Waals surface area contributed by atoms with E-state index >= 15 is 0 Å². The average molecular weight is 344 g/mol. The number of benzene rings is 1. The second-order valence-corrected chi connectivity index (χ2v) is 5.36. The first-order valence-electron chi connectivity index (χ1n) is 7.30. The number of halogens is 4. The smallest absolute Gasteiger partial charge is 0.366 e. The SMILES string of the molecule is CCc1nc(Cl)nc(NCc2cccc(C(F)(F)F)c2)c1CC. The summed E-state index contributed by atoms with van der Waals surface area (Å²) in [6.45, 7) is 4.17. The summed E-state index contributed by atoms with van der Waals surface area (Å²) in [4.78, 5) is 8.35. The van der Waals surface area contributed by atoms with E-state index in [9.17, 15) is 13.2 Å². The molecular formula is C16H17ClF3N3. The lowest BCUT2D eigenvalue weighted by Gasteiger charge is -2.14. The zero-order valence-electron chi connectivity index (χ0n) is 12.8. The van der Waals surface area contributed by atoms with Crippen molar-refractivity contribution < 1.29 is 13.2 Å². The van der Waals surface area contributed by atoms with Crippen molar-refractivity contribution in [1.82, 2.24) is 9.97 Å². The molecule has 1 heterocycles. The van der Waals surface area contributed by atoms with Crippen molar-refractivity contribution in [3.05, 3.63) is 51.9 Å². The van der Waals surface area contributed by atoms with Gasteiger partial charge in [-0.2, -0.15) is 13.2 Å². The number of aryl methyl sites for hydroxylation is 1. The Hall–Kier alpha value is -1.82. The van der Waals surface area contributed by atoms with E-state index in [1.165, 1.54) is 6.07 Å². The Morgan fingerprint density at radius 2 is 1.87 bits per heavy atom. The topological polar surface area (TPSA) is 37.8 Å². The maximum atomic E-state index is 12.7. The van der Waals surface area contributed by atoms with Gasteiger partial charge >= 0.3 is 6.18 Å². The first-order valence-corrected chi connectivity index (χ1v) is 7.68. The lowest BCUT2D eigenvalue weighted by Crippen LogP contribution is -2.10. The van der Waals surface area contributed by atoms with Gasteiger partial charge in [-0.05, 0) is 42.1 Å². The van der Waals surface area contributed by atoms with Crippen molar-refractivity contribution in [2.75, 3.05) is 5.32 Å². The molecule has 3 nitrogen and oxygen atoms in total. The number of nitrogens with zero attached hydrogens (tertiary/aromatic N) is 2. The summed E-state index contributed by atoms with van der Waals surface area (Å²) >= 11 is 5.91. The molecule has 0 radical (unpaired) electrons. The molecule has 0 unspecified atom stereocenters. The Kier molecular flexibility index (Phi) is 5.46. The van der Waals surface area contributed by atoms with Gasteiger partial charge in [0.25, 0.3) is 0 Å². The molecule has 1 N–H and O–H groups in total. The van der Waals surface area contributed by atoms with Crippen molar-refractivity contribution in [3.63, 3.8) is 0 Å². The van der Waals surface area contributed by atoms with E-state index in [0.29, 0.717) is 24.2 Å². The third-order valence-electron chi connectivity index (χ3n) is 3.47. The summed E-state index contributed by atoms with van der Waals surface area (Å²) in [6.07, 6.45) is -2.92. The van der Waals surface area contributed by atoms with Gasteiger partial charge < -0.3 is 5.32 Å². The first kappa shape index (κ1) is 17.5. The van der Waals surface area contributed by atoms with Gasteiger partial charge in [-0.15, -0.1) is 0 Å². The highest BCUT2D eigenvalue weighted by atomic mass is 35.5. The van der Waals surface area contributed by atoms with Crippen LogP contribution in [0.3, 0.4) is 0 Å². The van der Waals surface area contributed by atoms with Gasteiger partial charge in [0, 0.05) is 12.1 Å². The molecule has 23 heavy (non-hydrogen) atoms. The number of aromatic nitrogens is 2. The molecule has 7 heteroatoms. The zero-order valence-corrected chi connectivity index (χ0v) is 13.6. The van der Waals surface area contributed by atoms with Crippen LogP contribution in [0.25, 0.3) is 0 Å². The molecule has 0 atom stereocenters. The van der Waals surface area contributed by atoms with Crippen LogP contribution in [0.1, 0.15) is 36.2 Å². The van der Waals surface area contributed by atoms with Crippen LogP contribution < -0.4 is 5.32 Å². The van der Waals surface area contributed by atoms with E-state index in [2.05, 4.69) is 15.3 Å². The number of hydrogen-bond donors (Lipinski definition) is 1. The summed E-state index contributed by atoms with van der Waals surface area (Å²) in [6, 6.07) is 5.21. The molecule has 0 aliphatic carbocycles. The Labute approximate surface area is 137 Å². The Morgan fingerprint density at radius 3 is 2.48 bits per heavy atom. The van der Waals surface area contributed by atoms with Crippen LogP contribution >= 0.6 is 11.6 Å². The minimum absolute atomic E-state index is 0.130. The minimum Gasteiger partial charge on any atom is -0.366 e. The number of nitrogens with one attached hydrogen (secondary N) is 1. The third-order valence-corrected chi connectivity index (χ3v) is 3.64. The predicted octanol–water partition coefficient (Wildman–Crippen LogP) is 4.89. The molecule has 2 aromatic rings. The van der Waals surface area contributed by atoms with Crippen molar-refractivity contribution in [2.45, 2.75) is 39.4 Å². The molecule has 0 saturated carbocycles. The molecule has 0 fully saturated rings. The van der Waals surface area contributed by atoms with Crippen molar-refractivity contribution in [2.24, 2.45) is 0 Å². The van der Waals surface area contributed by atoms with Crippen molar-refractivity contribution >= 4 is 17.4 Å². The largest absolute Gasteiger partial charge is 0.416 e. The number of alkyl halides is 3. The molecule has 1 aromatic carbocycles. The molecule has 0 bridgehead atoms. The van der Waals surface area contributed by atoms with E-state index < -0.39 is 11.7 Å². The fourth-order valence-electron chi connectivity index (χ4n) is 2.35. The van der Waals surface area contributed by atoms with Gasteiger partial charge in [0.15, 0.2) is 0 Å². The average Bonchev–Trinajstić information content (AvgIpc) is 2.51. The fraction of sp³-hybridized carbons (Fsp3) is 0.375. The van der Waals surface area contributed by atoms with E-state index in [1.807, 2.05) is 13.8 Å². The molecule has 1 aromatic heterocycles. The lowest BCUT2D eigenvalue weighted by molar-refractivity contribution is -0.137. The monoisotopic (exact) mass is 343 g/mol. The molecule has 0 aliphatic heterocycles. The fourth-order valence-corrected chi connectivity index (χ4v) is 2.54. The number of anilines is 1. The van der Waals surface area contributed by atoms with Gasteiger partial charge in [0.05, 0.1) is 11.3 Å². The molecule has 0 aliphatic rings. The van der Waals surface area contributed by atoms with Gasteiger partial charge in [0.2, 0.25) is 5.28 Å². The van der Waals surface area contributed by atoms with E-state index in [1.54, 1.807) is 6.07 Å². The van der Waals surface area contributed by atoms with Crippen LogP contribution in [0.4, 0.5) is 19.0 Å². The normalized spacial score (nSPS) is 11.6. The third kappa shape index (κ3) is 4.34. The highest BCUT2D eigenvalue weighted by molar-refractivity contribution is 6.28. The maximum Gasteiger partial charge on any atom is 0.416 e. The van der Waals surface area contributed by atoms with Gasteiger partial charge in [0.1, 0.15) is 5.82 Å². The van der Waals surface area contributed by atoms with Gasteiger partial charge in [-0.1, -0.05) is 26.0 Å². The molecular weight excluding hydrogens is 327 g/mol. The summed E-state index contributed by atoms with van der Waals surface area (Å²) < 4.78 is 38.2. The first-order chi connectivity index (χ1) is 10.8. The summed E-state index contributed by atoms with van der Waals surface area (Å²) in [7, 11) is 0. The second-order valence-electron chi connectivity index (χ2n) is 5.03. The summed E-state index contributed by atoms with van der Waals surface area (Å²) in [5, 5.41) is 3.20. The molecule has 0 spiro atoms. The number of rotatable bonds is 5. The maximum absolute atomic E-state index is 12.7. The molecule has 2 rings (SSSR count). The Morgan fingerprint density at radius 1 is 1.13 bits per heavy atom. The molecule has 0 saturated heterocycles. The van der Waals surface area contributed by atoms with E-state index in [0.717, 1.165) is 23.4 Å². The quantitative estimate of drug-likeness (QED) is 0.786. The van der Waals surface area contributed by atoms with Crippen LogP contribution in [0.15, 0.2) is 24.3 Å². The highest BCUT2D eigenvalue weighted by Gasteiger charge is 2.30.